The van der Waals surface area contributed by atoms with Crippen LogP contribution in [0.3, 0.4) is 0 Å². The molecule has 0 unspecified atom stereocenters. The third-order valence-corrected chi connectivity index (χ3v) is 2.83. The first-order valence-electron chi connectivity index (χ1n) is 6.57. The maximum absolute atomic E-state index is 11.8. The van der Waals surface area contributed by atoms with Gasteiger partial charge >= 0.3 is 6.09 Å². The van der Waals surface area contributed by atoms with Gasteiger partial charge in [-0.2, -0.15) is 0 Å². The van der Waals surface area contributed by atoms with E-state index in [0.29, 0.717) is 24.9 Å². The van der Waals surface area contributed by atoms with Crippen molar-refractivity contribution in [1.82, 2.24) is 15.1 Å². The van der Waals surface area contributed by atoms with Gasteiger partial charge in [-0.25, -0.2) is 4.79 Å². The molecule has 0 saturated carbocycles. The molecule has 1 fully saturated rings. The summed E-state index contributed by atoms with van der Waals surface area (Å²) < 4.78 is 10.9. The molecule has 1 aliphatic rings. The molecule has 0 atom stereocenters. The standard InChI is InChI=1S/C13H21N3O3/c1-8(2)10-14-15-11(18-10)9-6-16(7-9)12(17)19-13(3,4)5/h8-9H,6-7H2,1-5H3. The lowest BCUT2D eigenvalue weighted by molar-refractivity contribution is 0.00595. The van der Waals surface area contributed by atoms with Gasteiger partial charge in [0.25, 0.3) is 0 Å². The topological polar surface area (TPSA) is 68.5 Å². The molecule has 6 heteroatoms. The molecule has 6 nitrogen and oxygen atoms in total. The third kappa shape index (κ3) is 3.24. The summed E-state index contributed by atoms with van der Waals surface area (Å²) in [7, 11) is 0. The summed E-state index contributed by atoms with van der Waals surface area (Å²) in [5, 5.41) is 8.03. The normalized spacial score (nSPS) is 16.6. The molecular weight excluding hydrogens is 246 g/mol. The number of rotatable bonds is 2. The van der Waals surface area contributed by atoms with Crippen LogP contribution in [0.4, 0.5) is 4.79 Å². The zero-order valence-corrected chi connectivity index (χ0v) is 12.1. The van der Waals surface area contributed by atoms with Crippen molar-refractivity contribution in [2.24, 2.45) is 0 Å². The minimum Gasteiger partial charge on any atom is -0.444 e. The number of aromatic nitrogens is 2. The van der Waals surface area contributed by atoms with Gasteiger partial charge in [0, 0.05) is 19.0 Å². The Kier molecular flexibility index (Phi) is 3.52. The predicted octanol–water partition coefficient (Wildman–Crippen LogP) is 2.53. The summed E-state index contributed by atoms with van der Waals surface area (Å²) >= 11 is 0. The molecule has 1 aliphatic heterocycles. The van der Waals surface area contributed by atoms with Crippen LogP contribution in [-0.2, 0) is 4.74 Å². The molecule has 19 heavy (non-hydrogen) atoms. The first kappa shape index (κ1) is 13.8. The summed E-state index contributed by atoms with van der Waals surface area (Å²) in [6.07, 6.45) is -0.285. The summed E-state index contributed by atoms with van der Waals surface area (Å²) in [5.74, 6) is 1.62. The highest BCUT2D eigenvalue weighted by Gasteiger charge is 2.37. The van der Waals surface area contributed by atoms with E-state index in [-0.39, 0.29) is 17.9 Å². The van der Waals surface area contributed by atoms with Crippen molar-refractivity contribution < 1.29 is 13.9 Å². The molecule has 0 N–H and O–H groups in total. The molecule has 106 valence electrons. The molecule has 1 saturated heterocycles. The van der Waals surface area contributed by atoms with Gasteiger partial charge < -0.3 is 14.1 Å². The van der Waals surface area contributed by atoms with Crippen molar-refractivity contribution in [1.29, 1.82) is 0 Å². The third-order valence-electron chi connectivity index (χ3n) is 2.83. The van der Waals surface area contributed by atoms with Gasteiger partial charge in [-0.05, 0) is 20.8 Å². The fourth-order valence-corrected chi connectivity index (χ4v) is 1.76. The summed E-state index contributed by atoms with van der Waals surface area (Å²) in [6.45, 7) is 10.7. The van der Waals surface area contributed by atoms with Crippen molar-refractivity contribution in [2.75, 3.05) is 13.1 Å². The molecule has 2 heterocycles. The van der Waals surface area contributed by atoms with E-state index in [0.717, 1.165) is 0 Å². The van der Waals surface area contributed by atoms with Crippen LogP contribution in [0, 0.1) is 0 Å². The van der Waals surface area contributed by atoms with Crippen LogP contribution in [-0.4, -0.2) is 39.9 Å². The SMILES string of the molecule is CC(C)c1nnc(C2CN(C(=O)OC(C)(C)C)C2)o1. The van der Waals surface area contributed by atoms with Crippen molar-refractivity contribution in [3.8, 4) is 0 Å². The lowest BCUT2D eigenvalue weighted by Gasteiger charge is -2.37. The molecule has 1 aromatic heterocycles. The van der Waals surface area contributed by atoms with E-state index in [9.17, 15) is 4.79 Å². The Balaban J connectivity index is 1.87. The summed E-state index contributed by atoms with van der Waals surface area (Å²) in [4.78, 5) is 13.4. The molecule has 2 rings (SSSR count). The smallest absolute Gasteiger partial charge is 0.410 e. The van der Waals surface area contributed by atoms with E-state index in [1.807, 2.05) is 34.6 Å². The van der Waals surface area contributed by atoms with Crippen LogP contribution in [0.2, 0.25) is 0 Å². The van der Waals surface area contributed by atoms with Crippen molar-refractivity contribution in [3.63, 3.8) is 0 Å². The largest absolute Gasteiger partial charge is 0.444 e. The maximum Gasteiger partial charge on any atom is 0.410 e. The number of nitrogens with zero attached hydrogens (tertiary/aromatic N) is 3. The average Bonchev–Trinajstić information content (AvgIpc) is 2.61. The lowest BCUT2D eigenvalue weighted by atomic mass is 10.0. The van der Waals surface area contributed by atoms with Gasteiger partial charge in [-0.3, -0.25) is 0 Å². The number of ether oxygens (including phenoxy) is 1. The quantitative estimate of drug-likeness (QED) is 0.823. The van der Waals surface area contributed by atoms with Crippen molar-refractivity contribution in [2.45, 2.75) is 52.1 Å². The van der Waals surface area contributed by atoms with Crippen molar-refractivity contribution in [3.05, 3.63) is 11.8 Å². The minimum atomic E-state index is -0.461. The van der Waals surface area contributed by atoms with Gasteiger partial charge in [-0.15, -0.1) is 10.2 Å². The Labute approximate surface area is 113 Å². The first-order chi connectivity index (χ1) is 8.76. The summed E-state index contributed by atoms with van der Waals surface area (Å²) in [6, 6.07) is 0. The second-order valence-electron chi connectivity index (χ2n) is 6.22. The zero-order valence-electron chi connectivity index (χ0n) is 12.1. The van der Waals surface area contributed by atoms with E-state index in [4.69, 9.17) is 9.15 Å². The highest BCUT2D eigenvalue weighted by Crippen LogP contribution is 2.28. The fourth-order valence-electron chi connectivity index (χ4n) is 1.76. The maximum atomic E-state index is 11.8. The Morgan fingerprint density at radius 3 is 2.47 bits per heavy atom. The van der Waals surface area contributed by atoms with Gasteiger partial charge in [0.05, 0.1) is 5.92 Å². The molecule has 1 aromatic rings. The van der Waals surface area contributed by atoms with Gasteiger partial charge in [0.2, 0.25) is 11.8 Å². The van der Waals surface area contributed by atoms with Crippen LogP contribution in [0.1, 0.15) is 58.2 Å². The first-order valence-corrected chi connectivity index (χ1v) is 6.57. The number of carbonyl (C=O) groups is 1. The van der Waals surface area contributed by atoms with E-state index in [2.05, 4.69) is 10.2 Å². The van der Waals surface area contributed by atoms with Crippen molar-refractivity contribution >= 4 is 6.09 Å². The van der Waals surface area contributed by atoms with E-state index < -0.39 is 5.60 Å². The van der Waals surface area contributed by atoms with E-state index >= 15 is 0 Å². The Bertz CT molecular complexity index is 456. The Hall–Kier alpha value is -1.59. The van der Waals surface area contributed by atoms with Gasteiger partial charge in [0.1, 0.15) is 5.60 Å². The van der Waals surface area contributed by atoms with Crippen LogP contribution >= 0.6 is 0 Å². The second-order valence-corrected chi connectivity index (χ2v) is 6.22. The van der Waals surface area contributed by atoms with Crippen LogP contribution in [0.5, 0.6) is 0 Å². The van der Waals surface area contributed by atoms with E-state index in [1.165, 1.54) is 0 Å². The monoisotopic (exact) mass is 267 g/mol. The van der Waals surface area contributed by atoms with Crippen LogP contribution in [0.15, 0.2) is 4.42 Å². The number of likely N-dealkylation sites (tertiary alicyclic amines) is 1. The molecule has 0 aliphatic carbocycles. The number of hydrogen-bond donors (Lipinski definition) is 0. The van der Waals surface area contributed by atoms with Crippen LogP contribution in [0.25, 0.3) is 0 Å². The summed E-state index contributed by atoms with van der Waals surface area (Å²) in [5.41, 5.74) is -0.461. The minimum absolute atomic E-state index is 0.132. The number of carbonyl (C=O) groups excluding carboxylic acids is 1. The molecule has 0 spiro atoms. The van der Waals surface area contributed by atoms with Gasteiger partial charge in [-0.1, -0.05) is 13.8 Å². The van der Waals surface area contributed by atoms with Gasteiger partial charge in [0.15, 0.2) is 0 Å². The lowest BCUT2D eigenvalue weighted by Crippen LogP contribution is -2.50. The van der Waals surface area contributed by atoms with Crippen LogP contribution < -0.4 is 0 Å². The average molecular weight is 267 g/mol. The number of amides is 1. The van der Waals surface area contributed by atoms with E-state index in [1.54, 1.807) is 4.90 Å². The second kappa shape index (κ2) is 4.83. The molecular formula is C13H21N3O3. The predicted molar refractivity (Wildman–Crippen MR) is 68.9 cm³/mol. The molecule has 0 bridgehead atoms. The highest BCUT2D eigenvalue weighted by molar-refractivity contribution is 5.69. The molecule has 0 radical (unpaired) electrons. The molecule has 1 amide bonds. The number of hydrogen-bond acceptors (Lipinski definition) is 5. The highest BCUT2D eigenvalue weighted by atomic mass is 16.6. The Morgan fingerprint density at radius 1 is 1.37 bits per heavy atom. The fraction of sp³-hybridized carbons (Fsp3) is 0.769. The molecule has 0 aromatic carbocycles. The zero-order chi connectivity index (χ0) is 14.2. The Morgan fingerprint density at radius 2 is 2.00 bits per heavy atom.